The van der Waals surface area contributed by atoms with Crippen LogP contribution >= 0.6 is 0 Å². The summed E-state index contributed by atoms with van der Waals surface area (Å²) < 4.78 is 18.7. The van der Waals surface area contributed by atoms with Crippen LogP contribution in [0.5, 0.6) is 11.8 Å². The summed E-state index contributed by atoms with van der Waals surface area (Å²) >= 11 is 0. The molecule has 3 aromatic rings. The number of piperazine rings is 1. The van der Waals surface area contributed by atoms with Gasteiger partial charge < -0.3 is 34.4 Å². The fourth-order valence-electron chi connectivity index (χ4n) is 8.60. The number of nitrogens with zero attached hydrogens (tertiary/aromatic N) is 5. The third-order valence-electron chi connectivity index (χ3n) is 10.9. The van der Waals surface area contributed by atoms with Crippen molar-refractivity contribution in [2.24, 2.45) is 0 Å². The molecule has 0 radical (unpaired) electrons. The van der Waals surface area contributed by atoms with Crippen LogP contribution in [0.1, 0.15) is 61.4 Å². The average Bonchev–Trinajstić information content (AvgIpc) is 3.74. The molecule has 11 nitrogen and oxygen atoms in total. The number of phenolic OH excluding ortho intramolecular Hbond substituents is 1. The molecule has 5 aliphatic rings. The predicted molar refractivity (Wildman–Crippen MR) is 173 cm³/mol. The number of rotatable bonds is 7. The van der Waals surface area contributed by atoms with Crippen LogP contribution in [0.3, 0.4) is 0 Å². The van der Waals surface area contributed by atoms with E-state index in [9.17, 15) is 9.90 Å². The highest BCUT2D eigenvalue weighted by Gasteiger charge is 2.50. The van der Waals surface area contributed by atoms with Gasteiger partial charge in [-0.15, -0.1) is 0 Å². The molecule has 4 saturated heterocycles. The van der Waals surface area contributed by atoms with Crippen molar-refractivity contribution in [1.82, 2.24) is 25.1 Å². The van der Waals surface area contributed by atoms with Crippen molar-refractivity contribution in [3.8, 4) is 11.8 Å². The number of carbonyl (C=O) groups is 1. The lowest BCUT2D eigenvalue weighted by atomic mass is 9.94. The highest BCUT2D eigenvalue weighted by atomic mass is 16.6. The van der Waals surface area contributed by atoms with Crippen LogP contribution in [0, 0.1) is 0 Å². The van der Waals surface area contributed by atoms with Crippen molar-refractivity contribution in [1.29, 1.82) is 0 Å². The zero-order valence-corrected chi connectivity index (χ0v) is 26.8. The van der Waals surface area contributed by atoms with E-state index >= 15 is 0 Å². The molecule has 2 aromatic carbocycles. The molecule has 8 rings (SSSR count). The van der Waals surface area contributed by atoms with E-state index in [1.54, 1.807) is 20.2 Å². The Labute approximate surface area is 269 Å². The topological polar surface area (TPSA) is 113 Å². The number of anilines is 1. The number of phenols is 1. The maximum Gasteiger partial charge on any atom is 0.409 e. The van der Waals surface area contributed by atoms with Crippen LogP contribution in [0.25, 0.3) is 10.8 Å². The summed E-state index contributed by atoms with van der Waals surface area (Å²) in [6.07, 6.45) is 6.51. The van der Waals surface area contributed by atoms with Gasteiger partial charge in [0.2, 0.25) is 0 Å². The van der Waals surface area contributed by atoms with Crippen molar-refractivity contribution >= 4 is 22.7 Å². The molecule has 46 heavy (non-hydrogen) atoms. The van der Waals surface area contributed by atoms with Gasteiger partial charge in [0.1, 0.15) is 24.8 Å². The van der Waals surface area contributed by atoms with E-state index in [2.05, 4.69) is 21.2 Å². The second-order valence-electron chi connectivity index (χ2n) is 14.0. The minimum atomic E-state index is -0.301. The van der Waals surface area contributed by atoms with Gasteiger partial charge in [0, 0.05) is 57.3 Å². The number of aromatic nitrogens is 2. The maximum absolute atomic E-state index is 12.1. The van der Waals surface area contributed by atoms with Crippen molar-refractivity contribution < 1.29 is 24.1 Å². The number of ether oxygens (including phenoxy) is 3. The quantitative estimate of drug-likeness (QED) is 0.396. The zero-order valence-electron chi connectivity index (χ0n) is 26.8. The summed E-state index contributed by atoms with van der Waals surface area (Å²) in [5.74, 6) is 1.16. The molecule has 2 bridgehead atoms. The maximum atomic E-state index is 12.1. The summed E-state index contributed by atoms with van der Waals surface area (Å²) in [7, 11) is 3.42. The van der Waals surface area contributed by atoms with Crippen molar-refractivity contribution in [3.63, 3.8) is 0 Å². The lowest BCUT2D eigenvalue weighted by Gasteiger charge is -2.37. The predicted octanol–water partition coefficient (Wildman–Crippen LogP) is 4.16. The van der Waals surface area contributed by atoms with Gasteiger partial charge in [0.05, 0.1) is 23.9 Å². The normalized spacial score (nSPS) is 28.7. The fourth-order valence-corrected chi connectivity index (χ4v) is 8.60. The van der Waals surface area contributed by atoms with Crippen LogP contribution in [0.15, 0.2) is 36.4 Å². The van der Waals surface area contributed by atoms with Gasteiger partial charge in [-0.25, -0.2) is 4.79 Å². The molecule has 4 fully saturated rings. The highest BCUT2D eigenvalue weighted by molar-refractivity contribution is 5.87. The van der Waals surface area contributed by atoms with E-state index in [1.165, 1.54) is 17.7 Å². The van der Waals surface area contributed by atoms with E-state index in [0.29, 0.717) is 44.3 Å². The molecule has 2 unspecified atom stereocenters. The molecule has 5 atom stereocenters. The molecule has 2 N–H and O–H groups in total. The third-order valence-corrected chi connectivity index (χ3v) is 10.9. The molecule has 1 amide bonds. The molecule has 244 valence electrons. The Hall–Kier alpha value is -3.67. The molecule has 6 heterocycles. The Kier molecular flexibility index (Phi) is 7.65. The number of aromatic hydroxyl groups is 1. The number of carbonyl (C=O) groups excluding carboxylic acids is 1. The SMILES string of the molecule is CN(C)C(=O)OC[C@H]1CC[C@@]2(COc3nc4c(c(N5CC6CCC(C5)N6)n3)CO[C@H](c3cc(O)cc5ccccc35)C4)CCCN12. The molecule has 5 aliphatic heterocycles. The average molecular weight is 629 g/mol. The standard InChI is InChI=1S/C35H44N6O5/c1-39(2)34(43)45-19-25-10-12-35(11-5-13-41(25)35)21-46-33-37-30-16-31(28-15-26(42)14-22-6-3-4-7-27(22)28)44-20-29(30)32(38-33)40-17-23-8-9-24(18-40)36-23/h3-4,6-7,14-15,23-25,31,36,42H,5,8-13,16-21H2,1-2H3/t23?,24?,25-,31+,35-/m1/s1. The number of fused-ring (bicyclic) bond motifs is 5. The highest BCUT2D eigenvalue weighted by Crippen LogP contribution is 2.44. The zero-order chi connectivity index (χ0) is 31.4. The largest absolute Gasteiger partial charge is 0.508 e. The van der Waals surface area contributed by atoms with E-state index in [-0.39, 0.29) is 29.5 Å². The van der Waals surface area contributed by atoms with Gasteiger partial charge in [-0.05, 0) is 73.5 Å². The van der Waals surface area contributed by atoms with Gasteiger partial charge in [-0.3, -0.25) is 4.90 Å². The van der Waals surface area contributed by atoms with Gasteiger partial charge in [-0.2, -0.15) is 9.97 Å². The number of benzene rings is 2. The number of hydrogen-bond donors (Lipinski definition) is 2. The summed E-state index contributed by atoms with van der Waals surface area (Å²) in [5, 5.41) is 16.4. The molecule has 0 aliphatic carbocycles. The molecule has 0 saturated carbocycles. The van der Waals surface area contributed by atoms with Crippen molar-refractivity contribution in [2.45, 2.75) is 81.3 Å². The Morgan fingerprint density at radius 2 is 1.96 bits per heavy atom. The summed E-state index contributed by atoms with van der Waals surface area (Å²) in [5.41, 5.74) is 2.86. The van der Waals surface area contributed by atoms with Crippen molar-refractivity contribution in [3.05, 3.63) is 53.2 Å². The van der Waals surface area contributed by atoms with E-state index in [0.717, 1.165) is 78.7 Å². The second-order valence-corrected chi connectivity index (χ2v) is 14.0. The van der Waals surface area contributed by atoms with Crippen LogP contribution in [0.2, 0.25) is 0 Å². The van der Waals surface area contributed by atoms with Gasteiger partial charge >= 0.3 is 12.1 Å². The number of hydrogen-bond acceptors (Lipinski definition) is 10. The molecule has 11 heteroatoms. The first kappa shape index (κ1) is 29.7. The van der Waals surface area contributed by atoms with Crippen LogP contribution in [0.4, 0.5) is 10.6 Å². The first-order valence-corrected chi connectivity index (χ1v) is 16.8. The summed E-state index contributed by atoms with van der Waals surface area (Å²) in [6.45, 7) is 4.10. The number of amides is 1. The first-order chi connectivity index (χ1) is 22.3. The van der Waals surface area contributed by atoms with Crippen molar-refractivity contribution in [2.75, 3.05) is 51.8 Å². The monoisotopic (exact) mass is 628 g/mol. The molecular weight excluding hydrogens is 584 g/mol. The van der Waals surface area contributed by atoms with Crippen LogP contribution in [-0.4, -0.2) is 102 Å². The Morgan fingerprint density at radius 3 is 2.78 bits per heavy atom. The minimum absolute atomic E-state index is 0.102. The van der Waals surface area contributed by atoms with E-state index < -0.39 is 0 Å². The summed E-state index contributed by atoms with van der Waals surface area (Å²) in [6, 6.07) is 13.3. The molecule has 0 spiro atoms. The third kappa shape index (κ3) is 5.42. The fraction of sp³-hybridized carbons (Fsp3) is 0.571. The smallest absolute Gasteiger partial charge is 0.409 e. The van der Waals surface area contributed by atoms with E-state index in [4.69, 9.17) is 24.2 Å². The van der Waals surface area contributed by atoms with Gasteiger partial charge in [0.15, 0.2) is 0 Å². The first-order valence-electron chi connectivity index (χ1n) is 16.8. The molecule has 1 aromatic heterocycles. The van der Waals surface area contributed by atoms with Gasteiger partial charge in [0.25, 0.3) is 0 Å². The lowest BCUT2D eigenvalue weighted by molar-refractivity contribution is 0.0258. The van der Waals surface area contributed by atoms with E-state index in [1.807, 2.05) is 24.3 Å². The minimum Gasteiger partial charge on any atom is -0.508 e. The van der Waals surface area contributed by atoms with Gasteiger partial charge in [-0.1, -0.05) is 24.3 Å². The van der Waals surface area contributed by atoms with Crippen LogP contribution < -0.4 is 15.0 Å². The lowest BCUT2D eigenvalue weighted by Crippen LogP contribution is -2.52. The summed E-state index contributed by atoms with van der Waals surface area (Å²) in [4.78, 5) is 28.6. The molecular formula is C35H44N6O5. The Bertz CT molecular complexity index is 1620. The second kappa shape index (κ2) is 11.8. The Morgan fingerprint density at radius 1 is 1.13 bits per heavy atom. The number of nitrogens with one attached hydrogen (secondary N) is 1. The van der Waals surface area contributed by atoms with Crippen LogP contribution in [-0.2, 0) is 22.5 Å². The Balaban J connectivity index is 1.07.